The van der Waals surface area contributed by atoms with Gasteiger partial charge in [-0.25, -0.2) is 19.9 Å². The van der Waals surface area contributed by atoms with E-state index >= 15 is 0 Å². The van der Waals surface area contributed by atoms with Crippen molar-refractivity contribution in [1.29, 1.82) is 0 Å². The maximum atomic E-state index is 6.63. The zero-order valence-corrected chi connectivity index (χ0v) is 32.4. The van der Waals surface area contributed by atoms with Crippen LogP contribution in [0.3, 0.4) is 0 Å². The molecule has 0 bridgehead atoms. The molecule has 1 aliphatic heterocycles. The Balaban J connectivity index is 1.11. The summed E-state index contributed by atoms with van der Waals surface area (Å²) in [6, 6.07) is 59.7. The zero-order chi connectivity index (χ0) is 38.9. The first-order valence-electron chi connectivity index (χ1n) is 19.7. The molecular weight excluding hydrogens is 741 g/mol. The smallest absolute Gasteiger partial charge is 0.160 e. The Morgan fingerprint density at radius 1 is 0.407 bits per heavy atom. The molecule has 2 aliphatic rings. The fourth-order valence-electron chi connectivity index (χ4n) is 8.99. The topological polar surface area (TPSA) is 64.7 Å². The molecule has 12 rings (SSSR count). The molecule has 7 aromatic carbocycles. The van der Waals surface area contributed by atoms with Gasteiger partial charge in [-0.15, -0.1) is 0 Å². The van der Waals surface area contributed by atoms with Crippen LogP contribution in [0.5, 0.6) is 0 Å². The molecule has 0 saturated carbocycles. The summed E-state index contributed by atoms with van der Waals surface area (Å²) in [5.74, 6) is 1.29. The van der Waals surface area contributed by atoms with E-state index in [2.05, 4.69) is 121 Å². The van der Waals surface area contributed by atoms with Gasteiger partial charge in [0.1, 0.15) is 11.2 Å². The molecule has 1 spiro atoms. The molecule has 59 heavy (non-hydrogen) atoms. The summed E-state index contributed by atoms with van der Waals surface area (Å²) >= 11 is 1.83. The molecule has 1 unspecified atom stereocenters. The maximum Gasteiger partial charge on any atom is 0.160 e. The normalized spacial score (nSPS) is 15.1. The first-order chi connectivity index (χ1) is 29.2. The third-order valence-corrected chi connectivity index (χ3v) is 12.8. The van der Waals surface area contributed by atoms with E-state index in [-0.39, 0.29) is 0 Å². The molecule has 4 heterocycles. The Bertz CT molecular complexity index is 3300. The monoisotopic (exact) mass is 772 g/mol. The minimum absolute atomic E-state index is 0.624. The molecule has 0 saturated heterocycles. The van der Waals surface area contributed by atoms with E-state index in [9.17, 15) is 0 Å². The molecule has 1 atom stereocenters. The van der Waals surface area contributed by atoms with Crippen LogP contribution in [0.2, 0.25) is 0 Å². The molecule has 10 aromatic rings. The average Bonchev–Trinajstić information content (AvgIpc) is 3.60. The van der Waals surface area contributed by atoms with Crippen molar-refractivity contribution in [1.82, 2.24) is 19.9 Å². The Hall–Kier alpha value is -7.41. The van der Waals surface area contributed by atoms with Crippen LogP contribution >= 0.6 is 11.8 Å². The predicted octanol–water partition coefficient (Wildman–Crippen LogP) is 13.2. The number of para-hydroxylation sites is 1. The Labute approximate surface area is 344 Å². The highest BCUT2D eigenvalue weighted by Gasteiger charge is 2.47. The lowest BCUT2D eigenvalue weighted by atomic mass is 9.63. The van der Waals surface area contributed by atoms with Gasteiger partial charge in [0.2, 0.25) is 0 Å². The van der Waals surface area contributed by atoms with E-state index < -0.39 is 5.41 Å². The lowest BCUT2D eigenvalue weighted by Crippen LogP contribution is -2.35. The van der Waals surface area contributed by atoms with Gasteiger partial charge in [-0.2, -0.15) is 0 Å². The van der Waals surface area contributed by atoms with Crippen molar-refractivity contribution in [3.05, 3.63) is 216 Å². The van der Waals surface area contributed by atoms with E-state index in [0.29, 0.717) is 11.6 Å². The van der Waals surface area contributed by atoms with Gasteiger partial charge < -0.3 is 4.42 Å². The number of rotatable bonds is 4. The van der Waals surface area contributed by atoms with Crippen LogP contribution in [0, 0.1) is 0 Å². The number of aromatic nitrogens is 4. The van der Waals surface area contributed by atoms with Crippen LogP contribution in [0.15, 0.2) is 196 Å². The first-order valence-corrected chi connectivity index (χ1v) is 20.5. The van der Waals surface area contributed by atoms with Crippen molar-refractivity contribution < 1.29 is 4.42 Å². The molecule has 0 N–H and O–H groups in total. The SMILES string of the molecule is C1=Cc2ccc(-c3nc(-c4ccccc4)cc(-c4cnc(-c5ccccc5)nc4)n3)cc2C2(c3ccccc31)c1ccccc1Sc1cc3c(cc12)oc1ccccc13. The molecule has 0 radical (unpaired) electrons. The highest BCUT2D eigenvalue weighted by atomic mass is 32.2. The van der Waals surface area contributed by atoms with Gasteiger partial charge in [0.05, 0.1) is 16.8 Å². The summed E-state index contributed by atoms with van der Waals surface area (Å²) in [6.45, 7) is 0. The minimum Gasteiger partial charge on any atom is -0.456 e. The van der Waals surface area contributed by atoms with Crippen LogP contribution in [0.25, 0.3) is 79.4 Å². The number of hydrogen-bond donors (Lipinski definition) is 0. The van der Waals surface area contributed by atoms with Crippen molar-refractivity contribution in [3.63, 3.8) is 0 Å². The second-order valence-electron chi connectivity index (χ2n) is 15.0. The second-order valence-corrected chi connectivity index (χ2v) is 16.1. The van der Waals surface area contributed by atoms with Crippen LogP contribution < -0.4 is 0 Å². The number of fused-ring (bicyclic) bond motifs is 11. The summed E-state index contributed by atoms with van der Waals surface area (Å²) in [5.41, 5.74) is 13.4. The van der Waals surface area contributed by atoms with Gasteiger partial charge in [0.25, 0.3) is 0 Å². The lowest BCUT2D eigenvalue weighted by molar-refractivity contribution is 0.659. The first kappa shape index (κ1) is 33.7. The zero-order valence-electron chi connectivity index (χ0n) is 31.6. The van der Waals surface area contributed by atoms with E-state index in [1.54, 1.807) is 0 Å². The molecule has 3 aromatic heterocycles. The quantitative estimate of drug-likeness (QED) is 0.177. The van der Waals surface area contributed by atoms with Crippen LogP contribution in [0.1, 0.15) is 33.4 Å². The van der Waals surface area contributed by atoms with Crippen molar-refractivity contribution in [2.24, 2.45) is 0 Å². The van der Waals surface area contributed by atoms with Gasteiger partial charge in [-0.3, -0.25) is 0 Å². The number of furan rings is 1. The van der Waals surface area contributed by atoms with Crippen LogP contribution in [-0.2, 0) is 5.41 Å². The van der Waals surface area contributed by atoms with Crippen LogP contribution in [0.4, 0.5) is 0 Å². The van der Waals surface area contributed by atoms with Gasteiger partial charge in [0, 0.05) is 55.2 Å². The van der Waals surface area contributed by atoms with Gasteiger partial charge in [-0.1, -0.05) is 157 Å². The van der Waals surface area contributed by atoms with Crippen molar-refractivity contribution in [3.8, 4) is 45.3 Å². The fraction of sp³-hybridized carbons (Fsp3) is 0.0189. The highest BCUT2D eigenvalue weighted by molar-refractivity contribution is 7.99. The Morgan fingerprint density at radius 3 is 1.88 bits per heavy atom. The molecule has 276 valence electrons. The van der Waals surface area contributed by atoms with Gasteiger partial charge in [0.15, 0.2) is 11.6 Å². The van der Waals surface area contributed by atoms with E-state index in [1.165, 1.54) is 32.0 Å². The molecular formula is C53H32N4OS. The highest BCUT2D eigenvalue weighted by Crippen LogP contribution is 2.59. The second kappa shape index (κ2) is 13.3. The van der Waals surface area contributed by atoms with E-state index in [4.69, 9.17) is 24.4 Å². The van der Waals surface area contributed by atoms with Gasteiger partial charge in [-0.05, 0) is 69.8 Å². The molecule has 5 nitrogen and oxygen atoms in total. The summed E-state index contributed by atoms with van der Waals surface area (Å²) in [6.07, 6.45) is 8.23. The maximum absolute atomic E-state index is 6.63. The fourth-order valence-corrected chi connectivity index (χ4v) is 10.2. The summed E-state index contributed by atoms with van der Waals surface area (Å²) < 4.78 is 6.63. The van der Waals surface area contributed by atoms with Gasteiger partial charge >= 0.3 is 0 Å². The standard InChI is InChI=1S/C53H32N4OS/c1-3-14-35(15-4-1)45-30-46(38-31-54-51(55-32-38)36-16-5-2-6-17-36)57-52(56-45)37-26-25-34-24-23-33-13-7-9-19-41(33)53(43(34)27-37)42-20-10-12-22-49(42)59-50-28-40-39-18-8-11-21-47(39)58-48(40)29-44(50)53/h1-32H. The molecule has 0 fully saturated rings. The Morgan fingerprint density at radius 2 is 1.07 bits per heavy atom. The summed E-state index contributed by atoms with van der Waals surface area (Å²) in [7, 11) is 0. The molecule has 0 amide bonds. The van der Waals surface area contributed by atoms with Crippen molar-refractivity contribution >= 4 is 45.9 Å². The molecule has 1 aliphatic carbocycles. The van der Waals surface area contributed by atoms with Crippen molar-refractivity contribution in [2.75, 3.05) is 0 Å². The van der Waals surface area contributed by atoms with Crippen LogP contribution in [-0.4, -0.2) is 19.9 Å². The number of hydrogen-bond acceptors (Lipinski definition) is 6. The predicted molar refractivity (Wildman–Crippen MR) is 238 cm³/mol. The lowest BCUT2D eigenvalue weighted by Gasteiger charge is -2.42. The summed E-state index contributed by atoms with van der Waals surface area (Å²) in [5, 5.41) is 2.24. The number of benzene rings is 7. The number of nitrogens with zero attached hydrogens (tertiary/aromatic N) is 4. The van der Waals surface area contributed by atoms with E-state index in [1.807, 2.05) is 84.8 Å². The summed E-state index contributed by atoms with van der Waals surface area (Å²) in [4.78, 5) is 22.5. The third kappa shape index (κ3) is 5.34. The third-order valence-electron chi connectivity index (χ3n) is 11.7. The minimum atomic E-state index is -0.698. The largest absolute Gasteiger partial charge is 0.456 e. The average molecular weight is 773 g/mol. The Kier molecular flexibility index (Phi) is 7.62. The van der Waals surface area contributed by atoms with E-state index in [0.717, 1.165) is 66.7 Å². The van der Waals surface area contributed by atoms with Crippen molar-refractivity contribution in [2.45, 2.75) is 15.2 Å². The molecule has 6 heteroatoms.